The molecule has 2 heterocycles. The lowest BCUT2D eigenvalue weighted by Crippen LogP contribution is -2.23. The van der Waals surface area contributed by atoms with Gasteiger partial charge < -0.3 is 15.4 Å². The van der Waals surface area contributed by atoms with E-state index in [2.05, 4.69) is 22.8 Å². The van der Waals surface area contributed by atoms with E-state index in [1.54, 1.807) is 0 Å². The van der Waals surface area contributed by atoms with E-state index in [0.29, 0.717) is 6.42 Å². The van der Waals surface area contributed by atoms with Crippen molar-refractivity contribution in [3.63, 3.8) is 0 Å². The molecular formula is C16H23ClN2O2. The number of rotatable bonds is 4. The molecule has 1 aromatic carbocycles. The number of halogens is 1. The quantitative estimate of drug-likeness (QED) is 0.899. The van der Waals surface area contributed by atoms with Crippen molar-refractivity contribution in [1.82, 2.24) is 5.32 Å². The van der Waals surface area contributed by atoms with Crippen LogP contribution in [0.3, 0.4) is 0 Å². The van der Waals surface area contributed by atoms with Crippen molar-refractivity contribution in [3.8, 4) is 0 Å². The van der Waals surface area contributed by atoms with Gasteiger partial charge in [-0.1, -0.05) is 6.07 Å². The molecule has 2 N–H and O–H groups in total. The first kappa shape index (κ1) is 16.3. The van der Waals surface area contributed by atoms with Crippen molar-refractivity contribution in [2.75, 3.05) is 18.5 Å². The number of fused-ring (bicyclic) bond motifs is 1. The van der Waals surface area contributed by atoms with E-state index in [9.17, 15) is 4.79 Å². The fraction of sp³-hybridized carbons (Fsp3) is 0.562. The van der Waals surface area contributed by atoms with Crippen LogP contribution in [0.4, 0.5) is 5.69 Å². The Kier molecular flexibility index (Phi) is 6.03. The SMILES string of the molecule is Cl.O=C(CCC1CCCO1)Nc1ccc2c(c1)CNCC2. The number of benzene rings is 1. The number of carbonyl (C=O) groups excluding carboxylic acids is 1. The van der Waals surface area contributed by atoms with Crippen LogP contribution in [0.1, 0.15) is 36.8 Å². The summed E-state index contributed by atoms with van der Waals surface area (Å²) in [6.45, 7) is 2.79. The Balaban J connectivity index is 0.00000161. The van der Waals surface area contributed by atoms with Crippen LogP contribution in [0, 0.1) is 0 Å². The lowest BCUT2D eigenvalue weighted by molar-refractivity contribution is -0.116. The molecule has 0 bridgehead atoms. The van der Waals surface area contributed by atoms with Crippen molar-refractivity contribution in [3.05, 3.63) is 29.3 Å². The molecule has 0 radical (unpaired) electrons. The number of carbonyl (C=O) groups is 1. The van der Waals surface area contributed by atoms with Crippen LogP contribution in [-0.2, 0) is 22.5 Å². The number of amides is 1. The third-order valence-electron chi connectivity index (χ3n) is 4.09. The maximum atomic E-state index is 12.0. The molecule has 2 aliphatic heterocycles. The first-order valence-electron chi connectivity index (χ1n) is 7.55. The van der Waals surface area contributed by atoms with Gasteiger partial charge >= 0.3 is 0 Å². The van der Waals surface area contributed by atoms with E-state index in [4.69, 9.17) is 4.74 Å². The van der Waals surface area contributed by atoms with E-state index < -0.39 is 0 Å². The molecule has 0 aliphatic carbocycles. The summed E-state index contributed by atoms with van der Waals surface area (Å²) in [5.74, 6) is 0.0872. The second-order valence-corrected chi connectivity index (χ2v) is 5.63. The molecule has 1 aromatic rings. The molecule has 1 atom stereocenters. The van der Waals surface area contributed by atoms with E-state index in [-0.39, 0.29) is 24.4 Å². The van der Waals surface area contributed by atoms with Gasteiger partial charge in [-0.2, -0.15) is 0 Å². The molecule has 116 valence electrons. The second-order valence-electron chi connectivity index (χ2n) is 5.63. The van der Waals surface area contributed by atoms with Gasteiger partial charge in [0.25, 0.3) is 0 Å². The summed E-state index contributed by atoms with van der Waals surface area (Å²) >= 11 is 0. The van der Waals surface area contributed by atoms with Gasteiger partial charge in [-0.05, 0) is 55.5 Å². The van der Waals surface area contributed by atoms with Gasteiger partial charge in [0.05, 0.1) is 6.10 Å². The van der Waals surface area contributed by atoms with E-state index in [0.717, 1.165) is 51.1 Å². The summed E-state index contributed by atoms with van der Waals surface area (Å²) < 4.78 is 5.54. The highest BCUT2D eigenvalue weighted by molar-refractivity contribution is 5.90. The van der Waals surface area contributed by atoms with E-state index >= 15 is 0 Å². The van der Waals surface area contributed by atoms with Crippen LogP contribution in [0.15, 0.2) is 18.2 Å². The highest BCUT2D eigenvalue weighted by atomic mass is 35.5. The van der Waals surface area contributed by atoms with Gasteiger partial charge in [0.1, 0.15) is 0 Å². The summed E-state index contributed by atoms with van der Waals surface area (Å²) in [4.78, 5) is 12.0. The minimum absolute atomic E-state index is 0. The highest BCUT2D eigenvalue weighted by Gasteiger charge is 2.17. The zero-order valence-electron chi connectivity index (χ0n) is 12.2. The molecule has 21 heavy (non-hydrogen) atoms. The molecule has 0 aromatic heterocycles. The molecule has 1 amide bonds. The van der Waals surface area contributed by atoms with E-state index in [1.807, 2.05) is 6.07 Å². The first-order valence-corrected chi connectivity index (χ1v) is 7.55. The molecule has 1 fully saturated rings. The molecule has 1 unspecified atom stereocenters. The van der Waals surface area contributed by atoms with Crippen LogP contribution >= 0.6 is 12.4 Å². The Morgan fingerprint density at radius 1 is 1.38 bits per heavy atom. The lowest BCUT2D eigenvalue weighted by atomic mass is 10.0. The van der Waals surface area contributed by atoms with Crippen LogP contribution < -0.4 is 10.6 Å². The predicted molar refractivity (Wildman–Crippen MR) is 85.9 cm³/mol. The topological polar surface area (TPSA) is 50.4 Å². The average Bonchev–Trinajstić information content (AvgIpc) is 2.98. The number of ether oxygens (including phenoxy) is 1. The molecule has 0 saturated carbocycles. The smallest absolute Gasteiger partial charge is 0.224 e. The van der Waals surface area contributed by atoms with Crippen molar-refractivity contribution in [2.45, 2.75) is 44.8 Å². The Morgan fingerprint density at radius 3 is 3.10 bits per heavy atom. The maximum Gasteiger partial charge on any atom is 0.224 e. The zero-order chi connectivity index (χ0) is 13.8. The third-order valence-corrected chi connectivity index (χ3v) is 4.09. The van der Waals surface area contributed by atoms with Crippen molar-refractivity contribution >= 4 is 24.0 Å². The summed E-state index contributed by atoms with van der Waals surface area (Å²) in [6.07, 6.45) is 4.96. The molecule has 1 saturated heterocycles. The fourth-order valence-electron chi connectivity index (χ4n) is 2.95. The Labute approximate surface area is 132 Å². The fourth-order valence-corrected chi connectivity index (χ4v) is 2.95. The predicted octanol–water partition coefficient (Wildman–Crippen LogP) is 2.65. The van der Waals surface area contributed by atoms with Crippen molar-refractivity contribution in [2.24, 2.45) is 0 Å². The first-order chi connectivity index (χ1) is 9.81. The monoisotopic (exact) mass is 310 g/mol. The van der Waals surface area contributed by atoms with Gasteiger partial charge in [0.15, 0.2) is 0 Å². The Hall–Kier alpha value is -1.10. The van der Waals surface area contributed by atoms with Gasteiger partial charge in [-0.15, -0.1) is 12.4 Å². The molecule has 5 heteroatoms. The van der Waals surface area contributed by atoms with Crippen LogP contribution in [0.5, 0.6) is 0 Å². The van der Waals surface area contributed by atoms with Crippen LogP contribution in [-0.4, -0.2) is 25.2 Å². The second kappa shape index (κ2) is 7.78. The Bertz CT molecular complexity index is 487. The number of hydrogen-bond donors (Lipinski definition) is 2. The van der Waals surface area contributed by atoms with Gasteiger partial charge in [0.2, 0.25) is 5.91 Å². The number of hydrogen-bond acceptors (Lipinski definition) is 3. The summed E-state index contributed by atoms with van der Waals surface area (Å²) in [5, 5.41) is 6.35. The summed E-state index contributed by atoms with van der Waals surface area (Å²) in [7, 11) is 0. The number of anilines is 1. The molecule has 3 rings (SSSR count). The van der Waals surface area contributed by atoms with Gasteiger partial charge in [0, 0.05) is 25.3 Å². The summed E-state index contributed by atoms with van der Waals surface area (Å²) in [6, 6.07) is 6.23. The zero-order valence-corrected chi connectivity index (χ0v) is 13.0. The minimum Gasteiger partial charge on any atom is -0.378 e. The number of nitrogens with one attached hydrogen (secondary N) is 2. The molecular weight excluding hydrogens is 288 g/mol. The van der Waals surface area contributed by atoms with E-state index in [1.165, 1.54) is 11.1 Å². The van der Waals surface area contributed by atoms with Gasteiger partial charge in [-0.3, -0.25) is 4.79 Å². The molecule has 0 spiro atoms. The van der Waals surface area contributed by atoms with Crippen LogP contribution in [0.25, 0.3) is 0 Å². The lowest BCUT2D eigenvalue weighted by Gasteiger charge is -2.18. The highest BCUT2D eigenvalue weighted by Crippen LogP contribution is 2.20. The third kappa shape index (κ3) is 4.43. The molecule has 4 nitrogen and oxygen atoms in total. The van der Waals surface area contributed by atoms with Gasteiger partial charge in [-0.25, -0.2) is 0 Å². The van der Waals surface area contributed by atoms with Crippen molar-refractivity contribution in [1.29, 1.82) is 0 Å². The largest absolute Gasteiger partial charge is 0.378 e. The Morgan fingerprint density at radius 2 is 2.29 bits per heavy atom. The average molecular weight is 311 g/mol. The standard InChI is InChI=1S/C16H22N2O2.ClH/c19-16(6-5-15-2-1-9-20-15)18-14-4-3-12-7-8-17-11-13(12)10-14;/h3-4,10,15,17H,1-2,5-9,11H2,(H,18,19);1H. The van der Waals surface area contributed by atoms with Crippen molar-refractivity contribution < 1.29 is 9.53 Å². The van der Waals surface area contributed by atoms with Crippen LogP contribution in [0.2, 0.25) is 0 Å². The minimum atomic E-state index is 0. The maximum absolute atomic E-state index is 12.0. The normalized spacial score (nSPS) is 20.5. The molecule has 2 aliphatic rings. The summed E-state index contributed by atoms with van der Waals surface area (Å²) in [5.41, 5.74) is 3.60.